The van der Waals surface area contributed by atoms with Gasteiger partial charge in [0.05, 0.1) is 18.8 Å². The van der Waals surface area contributed by atoms with Crippen molar-refractivity contribution in [1.82, 2.24) is 9.80 Å². The molecule has 1 unspecified atom stereocenters. The van der Waals surface area contributed by atoms with Crippen LogP contribution in [-0.2, 0) is 19.1 Å². The molecule has 3 heterocycles. The Morgan fingerprint density at radius 1 is 1.27 bits per heavy atom. The molecule has 0 aromatic rings. The van der Waals surface area contributed by atoms with Crippen LogP contribution in [0, 0.1) is 0 Å². The molecule has 1 spiro atoms. The first kappa shape index (κ1) is 15.6. The lowest BCUT2D eigenvalue weighted by atomic mass is 9.86. The summed E-state index contributed by atoms with van der Waals surface area (Å²) in [7, 11) is 0. The molecule has 1 amide bonds. The molecular weight excluding hydrogens is 298 g/mol. The number of morpholine rings is 1. The molecule has 3 rings (SSSR count). The van der Waals surface area contributed by atoms with Crippen LogP contribution in [-0.4, -0.2) is 78.1 Å². The molecule has 0 aromatic heterocycles. The Balaban J connectivity index is 1.69. The van der Waals surface area contributed by atoms with Gasteiger partial charge in [0.25, 0.3) is 5.91 Å². The largest absolute Gasteiger partial charge is 0.464 e. The smallest absolute Gasteiger partial charge is 0.323 e. The number of hydrogen-bond donors (Lipinski definition) is 0. The zero-order valence-electron chi connectivity index (χ0n) is 12.7. The number of ether oxygens (including phenoxy) is 2. The van der Waals surface area contributed by atoms with E-state index < -0.39 is 23.5 Å². The number of hydrogen-bond acceptors (Lipinski definition) is 5. The maximum absolute atomic E-state index is 12.7. The summed E-state index contributed by atoms with van der Waals surface area (Å²) in [5, 5.41) is 0. The summed E-state index contributed by atoms with van der Waals surface area (Å²) in [6.45, 7) is 5.15. The molecule has 0 radical (unpaired) electrons. The minimum Gasteiger partial charge on any atom is -0.464 e. The van der Waals surface area contributed by atoms with Crippen molar-refractivity contribution in [3.8, 4) is 0 Å². The summed E-state index contributed by atoms with van der Waals surface area (Å²) in [6.07, 6.45) is -2.37. The summed E-state index contributed by atoms with van der Waals surface area (Å²) in [5.41, 5.74) is -1.36. The summed E-state index contributed by atoms with van der Waals surface area (Å²) in [6, 6.07) is -0.279. The maximum atomic E-state index is 12.7. The van der Waals surface area contributed by atoms with Crippen LogP contribution in [0.4, 0.5) is 8.78 Å². The van der Waals surface area contributed by atoms with Gasteiger partial charge in [-0.25, -0.2) is 0 Å². The van der Waals surface area contributed by atoms with E-state index in [4.69, 9.17) is 9.47 Å². The van der Waals surface area contributed by atoms with Crippen LogP contribution in [0.5, 0.6) is 0 Å². The fraction of sp³-hybridized carbons (Fsp3) is 0.857. The molecule has 0 aromatic carbocycles. The summed E-state index contributed by atoms with van der Waals surface area (Å²) < 4.78 is 36.4. The van der Waals surface area contributed by atoms with Gasteiger partial charge in [-0.15, -0.1) is 0 Å². The van der Waals surface area contributed by atoms with Crippen LogP contribution in [0.1, 0.15) is 20.3 Å². The maximum Gasteiger partial charge on any atom is 0.323 e. The number of esters is 1. The van der Waals surface area contributed by atoms with Crippen molar-refractivity contribution in [3.63, 3.8) is 0 Å². The SMILES string of the molecule is CC1(C)CN(C(=O)C(F)F)CC2(CN(C3CCOC3=O)C2)O1. The first-order chi connectivity index (χ1) is 10.2. The van der Waals surface area contributed by atoms with Crippen molar-refractivity contribution in [2.24, 2.45) is 0 Å². The summed E-state index contributed by atoms with van der Waals surface area (Å²) in [4.78, 5) is 26.3. The lowest BCUT2D eigenvalue weighted by Crippen LogP contribution is -2.75. The van der Waals surface area contributed by atoms with Crippen molar-refractivity contribution in [1.29, 1.82) is 0 Å². The average molecular weight is 318 g/mol. The van der Waals surface area contributed by atoms with Crippen LogP contribution in [0.15, 0.2) is 0 Å². The van der Waals surface area contributed by atoms with Gasteiger partial charge in [0.15, 0.2) is 0 Å². The molecule has 6 nitrogen and oxygen atoms in total. The monoisotopic (exact) mass is 318 g/mol. The molecule has 1 atom stereocenters. The van der Waals surface area contributed by atoms with Crippen LogP contribution in [0.3, 0.4) is 0 Å². The van der Waals surface area contributed by atoms with Crippen LogP contribution < -0.4 is 0 Å². The first-order valence-electron chi connectivity index (χ1n) is 7.39. The number of carbonyl (C=O) groups excluding carboxylic acids is 2. The molecule has 3 saturated heterocycles. The molecular formula is C14H20F2N2O4. The van der Waals surface area contributed by atoms with Crippen molar-refractivity contribution >= 4 is 11.9 Å². The van der Waals surface area contributed by atoms with E-state index in [1.165, 1.54) is 4.90 Å². The topological polar surface area (TPSA) is 59.1 Å². The fourth-order valence-corrected chi connectivity index (χ4v) is 3.70. The second kappa shape index (κ2) is 5.13. The third-order valence-corrected chi connectivity index (χ3v) is 4.37. The quantitative estimate of drug-likeness (QED) is 0.684. The van der Waals surface area contributed by atoms with E-state index in [0.717, 1.165) is 0 Å². The first-order valence-corrected chi connectivity index (χ1v) is 7.39. The van der Waals surface area contributed by atoms with Gasteiger partial charge in [-0.1, -0.05) is 0 Å². The lowest BCUT2D eigenvalue weighted by molar-refractivity contribution is -0.251. The second-order valence-corrected chi connectivity index (χ2v) is 6.92. The van der Waals surface area contributed by atoms with E-state index in [-0.39, 0.29) is 25.1 Å². The van der Waals surface area contributed by atoms with Gasteiger partial charge in [0.1, 0.15) is 11.6 Å². The summed E-state index contributed by atoms with van der Waals surface area (Å²) >= 11 is 0. The standard InChI is InChI=1S/C14H20F2N2O4/c1-13(2)5-18(11(19)10(15)16)8-14(22-13)6-17(7-14)9-3-4-21-12(9)20/h9-10H,3-8H2,1-2H3. The number of alkyl halides is 2. The Morgan fingerprint density at radius 2 is 1.95 bits per heavy atom. The van der Waals surface area contributed by atoms with E-state index >= 15 is 0 Å². The highest BCUT2D eigenvalue weighted by Crippen LogP contribution is 2.38. The highest BCUT2D eigenvalue weighted by atomic mass is 19.3. The average Bonchev–Trinajstić information content (AvgIpc) is 2.78. The highest BCUT2D eigenvalue weighted by molar-refractivity contribution is 5.80. The second-order valence-electron chi connectivity index (χ2n) is 6.92. The number of likely N-dealkylation sites (tertiary alicyclic amines) is 1. The number of amides is 1. The van der Waals surface area contributed by atoms with Gasteiger partial charge in [0.2, 0.25) is 0 Å². The minimum atomic E-state index is -3.01. The molecule has 3 aliphatic heterocycles. The van der Waals surface area contributed by atoms with Crippen molar-refractivity contribution in [2.75, 3.05) is 32.8 Å². The van der Waals surface area contributed by atoms with Crippen LogP contribution in [0.2, 0.25) is 0 Å². The summed E-state index contributed by atoms with van der Waals surface area (Å²) in [5.74, 6) is -1.40. The zero-order chi connectivity index (χ0) is 16.1. The zero-order valence-corrected chi connectivity index (χ0v) is 12.7. The van der Waals surface area contributed by atoms with Gasteiger partial charge >= 0.3 is 12.4 Å². The van der Waals surface area contributed by atoms with Gasteiger partial charge in [-0.3, -0.25) is 14.5 Å². The van der Waals surface area contributed by atoms with Gasteiger partial charge in [0, 0.05) is 26.1 Å². The Labute approximate surface area is 127 Å². The Kier molecular flexibility index (Phi) is 3.64. The van der Waals surface area contributed by atoms with E-state index in [9.17, 15) is 18.4 Å². The lowest BCUT2D eigenvalue weighted by Gasteiger charge is -2.58. The third kappa shape index (κ3) is 2.69. The molecule has 8 heteroatoms. The van der Waals surface area contributed by atoms with E-state index in [1.807, 2.05) is 4.90 Å². The van der Waals surface area contributed by atoms with Crippen LogP contribution >= 0.6 is 0 Å². The van der Waals surface area contributed by atoms with Crippen molar-refractivity contribution < 1.29 is 27.8 Å². The van der Waals surface area contributed by atoms with Gasteiger partial charge < -0.3 is 14.4 Å². The molecule has 0 aliphatic carbocycles. The minimum absolute atomic E-state index is 0.137. The van der Waals surface area contributed by atoms with E-state index in [2.05, 4.69) is 0 Å². The predicted molar refractivity (Wildman–Crippen MR) is 71.4 cm³/mol. The van der Waals surface area contributed by atoms with Crippen molar-refractivity contribution in [3.05, 3.63) is 0 Å². The fourth-order valence-electron chi connectivity index (χ4n) is 3.70. The molecule has 0 N–H and O–H groups in total. The normalized spacial score (nSPS) is 30.5. The van der Waals surface area contributed by atoms with Crippen molar-refractivity contribution in [2.45, 2.75) is 43.9 Å². The predicted octanol–water partition coefficient (Wildman–Crippen LogP) is 0.259. The number of cyclic esters (lactones) is 1. The Morgan fingerprint density at radius 3 is 2.50 bits per heavy atom. The molecule has 3 aliphatic rings. The molecule has 124 valence electrons. The molecule has 0 saturated carbocycles. The highest BCUT2D eigenvalue weighted by Gasteiger charge is 2.56. The number of rotatable bonds is 2. The van der Waals surface area contributed by atoms with Gasteiger partial charge in [-0.2, -0.15) is 8.78 Å². The van der Waals surface area contributed by atoms with Crippen LogP contribution in [0.25, 0.3) is 0 Å². The molecule has 0 bridgehead atoms. The number of carbonyl (C=O) groups is 2. The number of nitrogens with zero attached hydrogens (tertiary/aromatic N) is 2. The van der Waals surface area contributed by atoms with Gasteiger partial charge in [-0.05, 0) is 13.8 Å². The molecule has 3 fully saturated rings. The van der Waals surface area contributed by atoms with E-state index in [0.29, 0.717) is 26.1 Å². The van der Waals surface area contributed by atoms with E-state index in [1.54, 1.807) is 13.8 Å². The number of halogens is 2. The molecule has 22 heavy (non-hydrogen) atoms. The Hall–Kier alpha value is -1.28. The third-order valence-electron chi connectivity index (χ3n) is 4.37. The Bertz CT molecular complexity index is 491.